The molecule has 88 valence electrons. The summed E-state index contributed by atoms with van der Waals surface area (Å²) in [4.78, 5) is 11.5. The molecule has 16 heavy (non-hydrogen) atoms. The number of hydrogen-bond acceptors (Lipinski definition) is 2. The first-order valence-electron chi connectivity index (χ1n) is 5.69. The minimum Gasteiger partial charge on any atom is -0.368 e. The molecule has 0 heterocycles. The second-order valence-corrected chi connectivity index (χ2v) is 4.07. The van der Waals surface area contributed by atoms with Crippen LogP contribution in [-0.4, -0.2) is 12.5 Å². The van der Waals surface area contributed by atoms with Gasteiger partial charge in [-0.3, -0.25) is 4.79 Å². The van der Waals surface area contributed by atoms with Gasteiger partial charge in [0, 0.05) is 0 Å². The van der Waals surface area contributed by atoms with Gasteiger partial charge in [0.05, 0.1) is 0 Å². The number of nitrogens with one attached hydrogen (secondary N) is 1. The number of rotatable bonds is 5. The van der Waals surface area contributed by atoms with E-state index in [1.165, 1.54) is 5.56 Å². The smallest absolute Gasteiger partial charge is 0.242 e. The van der Waals surface area contributed by atoms with E-state index in [1.54, 1.807) is 0 Å². The van der Waals surface area contributed by atoms with E-state index in [-0.39, 0.29) is 5.91 Å². The Kier molecular flexibility index (Phi) is 4.07. The van der Waals surface area contributed by atoms with E-state index in [1.807, 2.05) is 38.1 Å². The fraction of sp³-hybridized carbons (Fsp3) is 0.462. The third kappa shape index (κ3) is 2.42. The van der Waals surface area contributed by atoms with E-state index in [9.17, 15) is 4.79 Å². The van der Waals surface area contributed by atoms with E-state index < -0.39 is 5.54 Å². The molecule has 0 aliphatic carbocycles. The van der Waals surface area contributed by atoms with Crippen molar-refractivity contribution < 1.29 is 4.79 Å². The summed E-state index contributed by atoms with van der Waals surface area (Å²) in [7, 11) is 0. The zero-order chi connectivity index (χ0) is 12.2. The Bertz CT molecular complexity index is 359. The lowest BCUT2D eigenvalue weighted by Crippen LogP contribution is -2.50. The van der Waals surface area contributed by atoms with Gasteiger partial charge in [0.2, 0.25) is 5.91 Å². The molecule has 1 atom stereocenters. The third-order valence-corrected chi connectivity index (χ3v) is 2.96. The van der Waals surface area contributed by atoms with Gasteiger partial charge in [0.25, 0.3) is 0 Å². The lowest BCUT2D eigenvalue weighted by Gasteiger charge is -2.27. The lowest BCUT2D eigenvalue weighted by atomic mass is 9.90. The molecule has 0 aliphatic heterocycles. The lowest BCUT2D eigenvalue weighted by molar-refractivity contribution is -0.124. The van der Waals surface area contributed by atoms with Crippen molar-refractivity contribution in [3.63, 3.8) is 0 Å². The number of carbonyl (C=O) groups excluding carboxylic acids is 1. The largest absolute Gasteiger partial charge is 0.368 e. The van der Waals surface area contributed by atoms with Gasteiger partial charge < -0.3 is 11.1 Å². The molecule has 1 amide bonds. The number of benzene rings is 1. The van der Waals surface area contributed by atoms with Gasteiger partial charge in [-0.1, -0.05) is 38.1 Å². The molecule has 1 unspecified atom stereocenters. The van der Waals surface area contributed by atoms with Crippen molar-refractivity contribution in [3.8, 4) is 0 Å². The van der Waals surface area contributed by atoms with Crippen LogP contribution in [0, 0.1) is 0 Å². The molecule has 0 aliphatic rings. The van der Waals surface area contributed by atoms with Gasteiger partial charge in [0.15, 0.2) is 0 Å². The highest BCUT2D eigenvalue weighted by Crippen LogP contribution is 2.20. The number of carbonyl (C=O) groups is 1. The van der Waals surface area contributed by atoms with Crippen LogP contribution in [0.4, 0.5) is 0 Å². The van der Waals surface area contributed by atoms with E-state index in [4.69, 9.17) is 5.73 Å². The summed E-state index contributed by atoms with van der Waals surface area (Å²) in [5, 5.41) is 3.14. The van der Waals surface area contributed by atoms with Crippen LogP contribution in [0.2, 0.25) is 0 Å². The van der Waals surface area contributed by atoms with Crippen molar-refractivity contribution in [2.75, 3.05) is 6.54 Å². The first-order chi connectivity index (χ1) is 7.54. The molecule has 0 saturated carbocycles. The molecule has 0 spiro atoms. The predicted octanol–water partition coefficient (Wildman–Crippen LogP) is 1.56. The summed E-state index contributed by atoms with van der Waals surface area (Å²) in [6.45, 7) is 6.59. The number of amides is 1. The maximum Gasteiger partial charge on any atom is 0.242 e. The fourth-order valence-electron chi connectivity index (χ4n) is 1.76. The highest BCUT2D eigenvalue weighted by molar-refractivity contribution is 5.85. The quantitative estimate of drug-likeness (QED) is 0.791. The normalized spacial score (nSPS) is 14.4. The summed E-state index contributed by atoms with van der Waals surface area (Å²) in [6.07, 6.45) is 0.995. The molecule has 3 heteroatoms. The van der Waals surface area contributed by atoms with Gasteiger partial charge in [0.1, 0.15) is 5.54 Å². The Morgan fingerprint density at radius 2 is 1.88 bits per heavy atom. The summed E-state index contributed by atoms with van der Waals surface area (Å²) >= 11 is 0. The first-order valence-corrected chi connectivity index (χ1v) is 5.69. The molecule has 0 radical (unpaired) electrons. The summed E-state index contributed by atoms with van der Waals surface area (Å²) in [6, 6.07) is 8.00. The zero-order valence-electron chi connectivity index (χ0n) is 10.2. The molecule has 3 nitrogen and oxygen atoms in total. The third-order valence-electron chi connectivity index (χ3n) is 2.96. The minimum absolute atomic E-state index is 0.349. The van der Waals surface area contributed by atoms with Gasteiger partial charge in [-0.15, -0.1) is 0 Å². The minimum atomic E-state index is -0.777. The average molecular weight is 220 g/mol. The van der Waals surface area contributed by atoms with Crippen molar-refractivity contribution in [3.05, 3.63) is 35.4 Å². The van der Waals surface area contributed by atoms with Crippen LogP contribution >= 0.6 is 0 Å². The molecule has 1 aromatic rings. The Balaban J connectivity index is 3.06. The van der Waals surface area contributed by atoms with E-state index in [0.717, 1.165) is 12.0 Å². The number of aryl methyl sites for hydroxylation is 1. The number of primary amides is 1. The Hall–Kier alpha value is -1.35. The molecular formula is C13H20N2O. The van der Waals surface area contributed by atoms with Gasteiger partial charge in [-0.25, -0.2) is 0 Å². The topological polar surface area (TPSA) is 55.1 Å². The van der Waals surface area contributed by atoms with Gasteiger partial charge >= 0.3 is 0 Å². The molecule has 0 fully saturated rings. The Morgan fingerprint density at radius 3 is 2.25 bits per heavy atom. The van der Waals surface area contributed by atoms with Crippen molar-refractivity contribution in [1.82, 2.24) is 5.32 Å². The first kappa shape index (κ1) is 12.7. The second kappa shape index (κ2) is 5.12. The summed E-state index contributed by atoms with van der Waals surface area (Å²) in [5.74, 6) is -0.349. The molecule has 0 bridgehead atoms. The average Bonchev–Trinajstić information content (AvgIpc) is 2.29. The van der Waals surface area contributed by atoms with Crippen molar-refractivity contribution in [1.29, 1.82) is 0 Å². The van der Waals surface area contributed by atoms with E-state index in [2.05, 4.69) is 12.2 Å². The molecule has 1 aromatic carbocycles. The fourth-order valence-corrected chi connectivity index (χ4v) is 1.76. The van der Waals surface area contributed by atoms with E-state index >= 15 is 0 Å². The number of likely N-dealkylation sites (N-methyl/N-ethyl adjacent to an activating group) is 1. The SMILES string of the molecule is CCNC(C)(C(N)=O)c1ccc(CC)cc1. The van der Waals surface area contributed by atoms with Crippen LogP contribution in [0.3, 0.4) is 0 Å². The van der Waals surface area contributed by atoms with Crippen LogP contribution in [0.1, 0.15) is 31.9 Å². The van der Waals surface area contributed by atoms with Crippen molar-refractivity contribution in [2.24, 2.45) is 5.73 Å². The Morgan fingerprint density at radius 1 is 1.31 bits per heavy atom. The molecule has 0 aromatic heterocycles. The predicted molar refractivity (Wildman–Crippen MR) is 66.0 cm³/mol. The Labute approximate surface area is 97.0 Å². The molecule has 0 saturated heterocycles. The monoisotopic (exact) mass is 220 g/mol. The number of hydrogen-bond donors (Lipinski definition) is 2. The highest BCUT2D eigenvalue weighted by atomic mass is 16.1. The van der Waals surface area contributed by atoms with Crippen LogP contribution in [0.5, 0.6) is 0 Å². The molecule has 3 N–H and O–H groups in total. The van der Waals surface area contributed by atoms with Gasteiger partial charge in [-0.2, -0.15) is 0 Å². The second-order valence-electron chi connectivity index (χ2n) is 4.07. The van der Waals surface area contributed by atoms with E-state index in [0.29, 0.717) is 6.54 Å². The summed E-state index contributed by atoms with van der Waals surface area (Å²) < 4.78 is 0. The number of nitrogens with two attached hydrogens (primary N) is 1. The van der Waals surface area contributed by atoms with Crippen molar-refractivity contribution >= 4 is 5.91 Å². The van der Waals surface area contributed by atoms with Crippen molar-refractivity contribution in [2.45, 2.75) is 32.7 Å². The van der Waals surface area contributed by atoms with Crippen LogP contribution < -0.4 is 11.1 Å². The highest BCUT2D eigenvalue weighted by Gasteiger charge is 2.31. The van der Waals surface area contributed by atoms with Crippen LogP contribution in [0.25, 0.3) is 0 Å². The van der Waals surface area contributed by atoms with Crippen LogP contribution in [0.15, 0.2) is 24.3 Å². The maximum atomic E-state index is 11.5. The standard InChI is InChI=1S/C13H20N2O/c1-4-10-6-8-11(9-7-10)13(3,12(14)16)15-5-2/h6-9,15H,4-5H2,1-3H3,(H2,14,16). The van der Waals surface area contributed by atoms with Gasteiger partial charge in [-0.05, 0) is 31.0 Å². The summed E-state index contributed by atoms with van der Waals surface area (Å²) in [5.41, 5.74) is 6.85. The maximum absolute atomic E-state index is 11.5. The van der Waals surface area contributed by atoms with Crippen LogP contribution in [-0.2, 0) is 16.8 Å². The zero-order valence-corrected chi connectivity index (χ0v) is 10.2. The molecular weight excluding hydrogens is 200 g/mol. The molecule has 1 rings (SSSR count).